The smallest absolute Gasteiger partial charge is 0.246 e. The molecule has 110 valence electrons. The molecule has 1 aliphatic heterocycles. The molecule has 1 aliphatic carbocycles. The molecule has 3 rings (SSSR count). The number of nitrogens with zero attached hydrogens (tertiary/aromatic N) is 2. The topological polar surface area (TPSA) is 50.3 Å². The Morgan fingerprint density at radius 2 is 1.95 bits per heavy atom. The SMILES string of the molecule is O=S(=O)(c1cnccc1Cl)N1CCC[C@H]2CCCC[C@H]21. The van der Waals surface area contributed by atoms with Gasteiger partial charge in [-0.25, -0.2) is 8.42 Å². The van der Waals surface area contributed by atoms with Crippen molar-refractivity contribution in [2.75, 3.05) is 6.54 Å². The molecule has 4 nitrogen and oxygen atoms in total. The predicted molar refractivity (Wildman–Crippen MR) is 78.1 cm³/mol. The molecule has 1 aromatic heterocycles. The van der Waals surface area contributed by atoms with Gasteiger partial charge in [0.2, 0.25) is 10.0 Å². The monoisotopic (exact) mass is 314 g/mol. The van der Waals surface area contributed by atoms with Gasteiger partial charge in [-0.3, -0.25) is 4.98 Å². The van der Waals surface area contributed by atoms with E-state index in [-0.39, 0.29) is 16.0 Å². The van der Waals surface area contributed by atoms with E-state index >= 15 is 0 Å². The van der Waals surface area contributed by atoms with Gasteiger partial charge in [0, 0.05) is 25.0 Å². The van der Waals surface area contributed by atoms with Gasteiger partial charge in [0.1, 0.15) is 4.90 Å². The Labute approximate surface area is 125 Å². The minimum Gasteiger partial charge on any atom is -0.263 e. The number of rotatable bonds is 2. The summed E-state index contributed by atoms with van der Waals surface area (Å²) >= 11 is 6.06. The molecule has 0 bridgehead atoms. The second-order valence-electron chi connectivity index (χ2n) is 5.68. The summed E-state index contributed by atoms with van der Waals surface area (Å²) in [6, 6.07) is 1.69. The highest BCUT2D eigenvalue weighted by Gasteiger charge is 2.40. The Balaban J connectivity index is 1.96. The average Bonchev–Trinajstić information content (AvgIpc) is 2.47. The Hall–Kier alpha value is -0.650. The molecule has 0 radical (unpaired) electrons. The Bertz CT molecular complexity index is 589. The van der Waals surface area contributed by atoms with Crippen LogP contribution in [0.2, 0.25) is 5.02 Å². The van der Waals surface area contributed by atoms with Crippen LogP contribution in [0.1, 0.15) is 38.5 Å². The van der Waals surface area contributed by atoms with Crippen molar-refractivity contribution in [2.45, 2.75) is 49.5 Å². The van der Waals surface area contributed by atoms with Crippen molar-refractivity contribution in [3.8, 4) is 0 Å². The molecule has 1 aromatic rings. The van der Waals surface area contributed by atoms with Gasteiger partial charge in [-0.15, -0.1) is 0 Å². The fourth-order valence-corrected chi connectivity index (χ4v) is 5.72. The third-order valence-electron chi connectivity index (χ3n) is 4.51. The number of hydrogen-bond acceptors (Lipinski definition) is 3. The summed E-state index contributed by atoms with van der Waals surface area (Å²) in [6.45, 7) is 0.606. The van der Waals surface area contributed by atoms with Crippen LogP contribution >= 0.6 is 11.6 Å². The summed E-state index contributed by atoms with van der Waals surface area (Å²) in [7, 11) is -3.52. The lowest BCUT2D eigenvalue weighted by molar-refractivity contribution is 0.129. The van der Waals surface area contributed by atoms with Crippen LogP contribution in [0.4, 0.5) is 0 Å². The van der Waals surface area contributed by atoms with Crippen LogP contribution in [0.3, 0.4) is 0 Å². The van der Waals surface area contributed by atoms with Crippen molar-refractivity contribution in [1.82, 2.24) is 9.29 Å². The molecule has 0 N–H and O–H groups in total. The maximum Gasteiger partial charge on any atom is 0.246 e. The van der Waals surface area contributed by atoms with Gasteiger partial charge in [0.05, 0.1) is 5.02 Å². The average molecular weight is 315 g/mol. The molecule has 2 heterocycles. The lowest BCUT2D eigenvalue weighted by Gasteiger charge is -2.43. The first-order valence-electron chi connectivity index (χ1n) is 7.22. The number of pyridine rings is 1. The van der Waals surface area contributed by atoms with Crippen LogP contribution in [-0.4, -0.2) is 30.3 Å². The van der Waals surface area contributed by atoms with Gasteiger partial charge in [-0.1, -0.05) is 24.4 Å². The fraction of sp³-hybridized carbons (Fsp3) is 0.643. The molecule has 2 atom stereocenters. The minimum absolute atomic E-state index is 0.146. The molecule has 6 heteroatoms. The van der Waals surface area contributed by atoms with Crippen LogP contribution in [0, 0.1) is 5.92 Å². The normalized spacial score (nSPS) is 28.1. The van der Waals surface area contributed by atoms with Crippen LogP contribution < -0.4 is 0 Å². The number of aromatic nitrogens is 1. The van der Waals surface area contributed by atoms with Crippen molar-refractivity contribution in [3.05, 3.63) is 23.5 Å². The first-order chi connectivity index (χ1) is 9.60. The molecule has 20 heavy (non-hydrogen) atoms. The third-order valence-corrected chi connectivity index (χ3v) is 6.91. The van der Waals surface area contributed by atoms with E-state index in [1.54, 1.807) is 4.31 Å². The zero-order valence-corrected chi connectivity index (χ0v) is 12.9. The Kier molecular flexibility index (Phi) is 4.02. The third kappa shape index (κ3) is 2.47. The van der Waals surface area contributed by atoms with Gasteiger partial charge in [-0.2, -0.15) is 4.31 Å². The maximum atomic E-state index is 12.9. The number of sulfonamides is 1. The summed E-state index contributed by atoms with van der Waals surface area (Å²) in [5.74, 6) is 0.516. The zero-order chi connectivity index (χ0) is 14.2. The van der Waals surface area contributed by atoms with E-state index in [2.05, 4.69) is 4.98 Å². The van der Waals surface area contributed by atoms with E-state index < -0.39 is 10.0 Å². The number of piperidine rings is 1. The lowest BCUT2D eigenvalue weighted by Crippen LogP contribution is -2.49. The summed E-state index contributed by atoms with van der Waals surface area (Å²) in [5.41, 5.74) is 0. The Morgan fingerprint density at radius 1 is 1.20 bits per heavy atom. The largest absolute Gasteiger partial charge is 0.263 e. The second-order valence-corrected chi connectivity index (χ2v) is 7.94. The second kappa shape index (κ2) is 5.62. The van der Waals surface area contributed by atoms with E-state index in [9.17, 15) is 8.42 Å². The fourth-order valence-electron chi connectivity index (χ4n) is 3.56. The molecule has 0 aromatic carbocycles. The van der Waals surface area contributed by atoms with Gasteiger partial charge in [0.25, 0.3) is 0 Å². The number of hydrogen-bond donors (Lipinski definition) is 0. The molecule has 1 saturated heterocycles. The van der Waals surface area contributed by atoms with Gasteiger partial charge in [0.15, 0.2) is 0 Å². The lowest BCUT2D eigenvalue weighted by atomic mass is 9.79. The number of halogens is 1. The molecule has 0 unspecified atom stereocenters. The van der Waals surface area contributed by atoms with Crippen molar-refractivity contribution >= 4 is 21.6 Å². The molecule has 0 spiro atoms. The summed E-state index contributed by atoms with van der Waals surface area (Å²) in [6.07, 6.45) is 9.44. The molecule has 2 aliphatic rings. The summed E-state index contributed by atoms with van der Waals surface area (Å²) in [4.78, 5) is 4.07. The van der Waals surface area contributed by atoms with E-state index in [1.165, 1.54) is 24.9 Å². The highest BCUT2D eigenvalue weighted by Crippen LogP contribution is 2.38. The van der Waals surface area contributed by atoms with Crippen molar-refractivity contribution < 1.29 is 8.42 Å². The van der Waals surface area contributed by atoms with Crippen molar-refractivity contribution in [1.29, 1.82) is 0 Å². The molecule has 1 saturated carbocycles. The first kappa shape index (κ1) is 14.3. The van der Waals surface area contributed by atoms with E-state index in [1.807, 2.05) is 0 Å². The van der Waals surface area contributed by atoms with Crippen LogP contribution in [0.25, 0.3) is 0 Å². The Morgan fingerprint density at radius 3 is 2.75 bits per heavy atom. The molecule has 2 fully saturated rings. The van der Waals surface area contributed by atoms with Crippen molar-refractivity contribution in [2.24, 2.45) is 5.92 Å². The first-order valence-corrected chi connectivity index (χ1v) is 9.04. The quantitative estimate of drug-likeness (QED) is 0.843. The number of fused-ring (bicyclic) bond motifs is 1. The summed E-state index contributed by atoms with van der Waals surface area (Å²) in [5, 5.41) is 0.262. The van der Waals surface area contributed by atoms with E-state index in [0.29, 0.717) is 12.5 Å². The molecular formula is C14H19ClN2O2S. The standard InChI is InChI=1S/C14H19ClN2O2S/c15-12-7-8-16-10-14(12)20(18,19)17-9-3-5-11-4-1-2-6-13(11)17/h7-8,10-11,13H,1-6,9H2/t11-,13-/m1/s1. The molecular weight excluding hydrogens is 296 g/mol. The molecule has 0 amide bonds. The highest BCUT2D eigenvalue weighted by molar-refractivity contribution is 7.89. The van der Waals surface area contributed by atoms with Crippen LogP contribution in [-0.2, 0) is 10.0 Å². The van der Waals surface area contributed by atoms with E-state index in [4.69, 9.17) is 11.6 Å². The van der Waals surface area contributed by atoms with Crippen molar-refractivity contribution in [3.63, 3.8) is 0 Å². The maximum absolute atomic E-state index is 12.9. The van der Waals surface area contributed by atoms with Crippen LogP contribution in [0.5, 0.6) is 0 Å². The van der Waals surface area contributed by atoms with Crippen LogP contribution in [0.15, 0.2) is 23.4 Å². The zero-order valence-electron chi connectivity index (χ0n) is 11.3. The van der Waals surface area contributed by atoms with E-state index in [0.717, 1.165) is 32.1 Å². The predicted octanol–water partition coefficient (Wildman–Crippen LogP) is 3.08. The van der Waals surface area contributed by atoms with Gasteiger partial charge in [-0.05, 0) is 37.7 Å². The van der Waals surface area contributed by atoms with Gasteiger partial charge < -0.3 is 0 Å². The minimum atomic E-state index is -3.52. The van der Waals surface area contributed by atoms with Gasteiger partial charge >= 0.3 is 0 Å². The highest BCUT2D eigenvalue weighted by atomic mass is 35.5. The summed E-state index contributed by atoms with van der Waals surface area (Å²) < 4.78 is 27.4.